The van der Waals surface area contributed by atoms with Crippen molar-refractivity contribution in [3.05, 3.63) is 23.9 Å². The number of carbonyl (C=O) groups is 1. The molecule has 0 amide bonds. The first-order chi connectivity index (χ1) is 9.74. The molecule has 2 N–H and O–H groups in total. The first-order valence-electron chi connectivity index (χ1n) is 7.18. The average Bonchev–Trinajstić information content (AvgIpc) is 3.30. The van der Waals surface area contributed by atoms with Crippen LogP contribution in [-0.4, -0.2) is 34.9 Å². The van der Waals surface area contributed by atoms with Gasteiger partial charge in [0, 0.05) is 18.7 Å². The largest absolute Gasteiger partial charge is 0.480 e. The van der Waals surface area contributed by atoms with Crippen molar-refractivity contribution in [2.75, 3.05) is 11.9 Å². The van der Waals surface area contributed by atoms with Gasteiger partial charge in [-0.15, -0.1) is 0 Å². The summed E-state index contributed by atoms with van der Waals surface area (Å²) in [7, 11) is 0. The molecule has 0 saturated heterocycles. The Kier molecular flexibility index (Phi) is 3.67. The quantitative estimate of drug-likeness (QED) is 0.863. The minimum atomic E-state index is -0.852. The molecule has 0 radical (unpaired) electrons. The van der Waals surface area contributed by atoms with Crippen LogP contribution in [0.2, 0.25) is 0 Å². The molecule has 5 heteroatoms. The fourth-order valence-corrected chi connectivity index (χ4v) is 2.63. The Morgan fingerprint density at radius 1 is 1.40 bits per heavy atom. The van der Waals surface area contributed by atoms with Gasteiger partial charge in [0.05, 0.1) is 0 Å². The molecule has 1 saturated carbocycles. The van der Waals surface area contributed by atoms with Gasteiger partial charge < -0.3 is 10.4 Å². The molecule has 1 aromatic heterocycles. The first kappa shape index (κ1) is 13.1. The van der Waals surface area contributed by atoms with Gasteiger partial charge in [0.15, 0.2) is 6.04 Å². The molecule has 20 heavy (non-hydrogen) atoms. The summed E-state index contributed by atoms with van der Waals surface area (Å²) in [5.41, 5.74) is 1.02. The SMILES string of the molecule is O=C(O)C1N=CCCC1c1ccnc(NCC2CC2)c1. The zero-order valence-electron chi connectivity index (χ0n) is 11.3. The van der Waals surface area contributed by atoms with Crippen molar-refractivity contribution in [3.8, 4) is 0 Å². The van der Waals surface area contributed by atoms with Gasteiger partial charge >= 0.3 is 5.97 Å². The number of nitrogens with zero attached hydrogens (tertiary/aromatic N) is 2. The van der Waals surface area contributed by atoms with Gasteiger partial charge in [-0.3, -0.25) is 4.99 Å². The van der Waals surface area contributed by atoms with Crippen molar-refractivity contribution in [2.24, 2.45) is 10.9 Å². The van der Waals surface area contributed by atoms with E-state index in [2.05, 4.69) is 15.3 Å². The molecule has 2 unspecified atom stereocenters. The third-order valence-electron chi connectivity index (χ3n) is 3.99. The predicted octanol–water partition coefficient (Wildman–Crippen LogP) is 2.30. The number of hydrogen-bond donors (Lipinski definition) is 2. The zero-order valence-corrected chi connectivity index (χ0v) is 11.3. The highest BCUT2D eigenvalue weighted by Gasteiger charge is 2.30. The van der Waals surface area contributed by atoms with Crippen LogP contribution in [0, 0.1) is 5.92 Å². The molecule has 2 aliphatic rings. The van der Waals surface area contributed by atoms with Gasteiger partial charge in [0.2, 0.25) is 0 Å². The number of rotatable bonds is 5. The number of hydrogen-bond acceptors (Lipinski definition) is 4. The van der Waals surface area contributed by atoms with E-state index < -0.39 is 12.0 Å². The highest BCUT2D eigenvalue weighted by Crippen LogP contribution is 2.31. The normalized spacial score (nSPS) is 25.4. The summed E-state index contributed by atoms with van der Waals surface area (Å²) in [6, 6.07) is 3.22. The molecule has 2 heterocycles. The van der Waals surface area contributed by atoms with E-state index in [0.29, 0.717) is 0 Å². The predicted molar refractivity (Wildman–Crippen MR) is 77.3 cm³/mol. The highest BCUT2D eigenvalue weighted by atomic mass is 16.4. The van der Waals surface area contributed by atoms with Crippen LogP contribution in [0.4, 0.5) is 5.82 Å². The molecule has 1 aliphatic heterocycles. The molecule has 0 spiro atoms. The molecule has 1 aromatic rings. The molecule has 0 bridgehead atoms. The van der Waals surface area contributed by atoms with Crippen LogP contribution in [0.5, 0.6) is 0 Å². The second kappa shape index (κ2) is 5.61. The number of anilines is 1. The Morgan fingerprint density at radius 3 is 3.00 bits per heavy atom. The average molecular weight is 273 g/mol. The van der Waals surface area contributed by atoms with Crippen LogP contribution in [0.1, 0.15) is 37.2 Å². The maximum atomic E-state index is 11.3. The second-order valence-electron chi connectivity index (χ2n) is 5.60. The summed E-state index contributed by atoms with van der Waals surface area (Å²) in [4.78, 5) is 19.7. The maximum absolute atomic E-state index is 11.3. The van der Waals surface area contributed by atoms with Crippen LogP contribution >= 0.6 is 0 Å². The van der Waals surface area contributed by atoms with E-state index in [9.17, 15) is 9.90 Å². The van der Waals surface area contributed by atoms with Crippen molar-refractivity contribution in [3.63, 3.8) is 0 Å². The second-order valence-corrected chi connectivity index (χ2v) is 5.60. The maximum Gasteiger partial charge on any atom is 0.329 e. The van der Waals surface area contributed by atoms with Crippen LogP contribution in [0.25, 0.3) is 0 Å². The number of aliphatic carboxylic acids is 1. The summed E-state index contributed by atoms with van der Waals surface area (Å²) < 4.78 is 0. The number of aromatic nitrogens is 1. The zero-order chi connectivity index (χ0) is 13.9. The first-order valence-corrected chi connectivity index (χ1v) is 7.18. The summed E-state index contributed by atoms with van der Waals surface area (Å²) in [6.45, 7) is 0.960. The van der Waals surface area contributed by atoms with Gasteiger partial charge in [-0.25, -0.2) is 9.78 Å². The molecule has 0 aromatic carbocycles. The fraction of sp³-hybridized carbons (Fsp3) is 0.533. The minimum Gasteiger partial charge on any atom is -0.480 e. The smallest absolute Gasteiger partial charge is 0.329 e. The monoisotopic (exact) mass is 273 g/mol. The van der Waals surface area contributed by atoms with Crippen molar-refractivity contribution in [2.45, 2.75) is 37.6 Å². The van der Waals surface area contributed by atoms with E-state index in [1.807, 2.05) is 12.1 Å². The Labute approximate surface area is 118 Å². The Bertz CT molecular complexity index is 526. The van der Waals surface area contributed by atoms with Crippen LogP contribution in [0.3, 0.4) is 0 Å². The van der Waals surface area contributed by atoms with Gasteiger partial charge in [-0.05, 0) is 55.5 Å². The molecular formula is C15H19N3O2. The van der Waals surface area contributed by atoms with Crippen molar-refractivity contribution >= 4 is 18.0 Å². The minimum absolute atomic E-state index is 0.0537. The molecule has 2 atom stereocenters. The van der Waals surface area contributed by atoms with Crippen molar-refractivity contribution in [1.82, 2.24) is 4.98 Å². The lowest BCUT2D eigenvalue weighted by atomic mass is 9.86. The molecule has 5 nitrogen and oxygen atoms in total. The third-order valence-corrected chi connectivity index (χ3v) is 3.99. The van der Waals surface area contributed by atoms with E-state index >= 15 is 0 Å². The fourth-order valence-electron chi connectivity index (χ4n) is 2.63. The number of pyridine rings is 1. The summed E-state index contributed by atoms with van der Waals surface area (Å²) in [5.74, 6) is 0.719. The Hall–Kier alpha value is -1.91. The van der Waals surface area contributed by atoms with Gasteiger partial charge in [0.25, 0.3) is 0 Å². The number of carboxylic acids is 1. The van der Waals surface area contributed by atoms with Crippen molar-refractivity contribution < 1.29 is 9.90 Å². The number of carboxylic acid groups (broad SMARTS) is 1. The van der Waals surface area contributed by atoms with Gasteiger partial charge in [-0.1, -0.05) is 0 Å². The Morgan fingerprint density at radius 2 is 2.25 bits per heavy atom. The lowest BCUT2D eigenvalue weighted by molar-refractivity contribution is -0.139. The molecule has 3 rings (SSSR count). The van der Waals surface area contributed by atoms with E-state index in [1.54, 1.807) is 12.4 Å². The standard InChI is InChI=1S/C15H19N3O2/c19-15(20)14-12(2-1-6-17-14)11-5-7-16-13(8-11)18-9-10-3-4-10/h5-8,10,12,14H,1-4,9H2,(H,16,18)(H,19,20). The Balaban J connectivity index is 1.75. The summed E-state index contributed by atoms with van der Waals surface area (Å²) in [5, 5.41) is 12.6. The third kappa shape index (κ3) is 2.98. The molecular weight excluding hydrogens is 254 g/mol. The molecule has 1 fully saturated rings. The van der Waals surface area contributed by atoms with E-state index in [4.69, 9.17) is 0 Å². The molecule has 106 valence electrons. The number of nitrogens with one attached hydrogen (secondary N) is 1. The number of aliphatic imine (C=N–C) groups is 1. The van der Waals surface area contributed by atoms with E-state index in [-0.39, 0.29) is 5.92 Å². The topological polar surface area (TPSA) is 74.6 Å². The van der Waals surface area contributed by atoms with Gasteiger partial charge in [0.1, 0.15) is 5.82 Å². The molecule has 1 aliphatic carbocycles. The lowest BCUT2D eigenvalue weighted by Gasteiger charge is -2.24. The van der Waals surface area contributed by atoms with Gasteiger partial charge in [-0.2, -0.15) is 0 Å². The van der Waals surface area contributed by atoms with Crippen LogP contribution in [-0.2, 0) is 4.79 Å². The van der Waals surface area contributed by atoms with E-state index in [0.717, 1.165) is 36.7 Å². The van der Waals surface area contributed by atoms with E-state index in [1.165, 1.54) is 12.8 Å². The van der Waals surface area contributed by atoms with Crippen molar-refractivity contribution in [1.29, 1.82) is 0 Å². The summed E-state index contributed by atoms with van der Waals surface area (Å²) in [6.07, 6.45) is 7.73. The van der Waals surface area contributed by atoms with Crippen LogP contribution in [0.15, 0.2) is 23.3 Å². The lowest BCUT2D eigenvalue weighted by Crippen LogP contribution is -2.29. The highest BCUT2D eigenvalue weighted by molar-refractivity contribution is 5.78. The van der Waals surface area contributed by atoms with Crippen LogP contribution < -0.4 is 5.32 Å². The summed E-state index contributed by atoms with van der Waals surface area (Å²) >= 11 is 0.